The summed E-state index contributed by atoms with van der Waals surface area (Å²) in [4.78, 5) is 37.0. The van der Waals surface area contributed by atoms with Crippen LogP contribution in [0.15, 0.2) is 42.1 Å². The lowest BCUT2D eigenvalue weighted by Gasteiger charge is -2.11. The summed E-state index contributed by atoms with van der Waals surface area (Å²) in [5.41, 5.74) is 1.30. The van der Waals surface area contributed by atoms with Gasteiger partial charge in [-0.15, -0.1) is 0 Å². The normalized spacial score (nSPS) is 19.0. The molecule has 1 fully saturated rings. The molecule has 1 aliphatic heterocycles. The molecule has 2 rings (SSSR count). The van der Waals surface area contributed by atoms with Crippen molar-refractivity contribution >= 4 is 17.8 Å². The molecule has 0 aliphatic carbocycles. The zero-order valence-corrected chi connectivity index (χ0v) is 13.2. The summed E-state index contributed by atoms with van der Waals surface area (Å²) in [5.74, 6) is -2.40. The molecule has 1 atom stereocenters. The first-order valence-corrected chi connectivity index (χ1v) is 7.38. The summed E-state index contributed by atoms with van der Waals surface area (Å²) in [5, 5.41) is 0. The molecule has 0 saturated carbocycles. The van der Waals surface area contributed by atoms with Gasteiger partial charge < -0.3 is 14.4 Å². The summed E-state index contributed by atoms with van der Waals surface area (Å²) in [6.07, 6.45) is 1.38. The van der Waals surface area contributed by atoms with E-state index in [0.717, 1.165) is 5.56 Å². The molecule has 1 heterocycles. The second kappa shape index (κ2) is 7.58. The van der Waals surface area contributed by atoms with E-state index >= 15 is 0 Å². The van der Waals surface area contributed by atoms with Crippen molar-refractivity contribution in [2.45, 2.75) is 20.0 Å². The molecule has 1 aromatic carbocycles. The number of rotatable bonds is 5. The van der Waals surface area contributed by atoms with Crippen LogP contribution < -0.4 is 0 Å². The zero-order valence-electron chi connectivity index (χ0n) is 13.2. The summed E-state index contributed by atoms with van der Waals surface area (Å²) < 4.78 is 10.0. The third-order valence-corrected chi connectivity index (χ3v) is 3.55. The van der Waals surface area contributed by atoms with Crippen LogP contribution in [-0.4, -0.2) is 36.4 Å². The molecule has 0 spiro atoms. The molecule has 122 valence electrons. The van der Waals surface area contributed by atoms with Gasteiger partial charge in [-0.25, -0.2) is 4.79 Å². The number of nitrogens with zero attached hydrogens (tertiary/aromatic N) is 1. The van der Waals surface area contributed by atoms with E-state index in [2.05, 4.69) is 0 Å². The Morgan fingerprint density at radius 1 is 1.26 bits per heavy atom. The molecule has 1 amide bonds. The quantitative estimate of drug-likeness (QED) is 0.469. The molecular weight excluding hydrogens is 298 g/mol. The van der Waals surface area contributed by atoms with Gasteiger partial charge in [-0.05, 0) is 12.5 Å². The lowest BCUT2D eigenvalue weighted by Crippen LogP contribution is -2.28. The maximum absolute atomic E-state index is 12.1. The molecule has 1 aromatic rings. The number of carbonyl (C=O) groups excluding carboxylic acids is 3. The fourth-order valence-corrected chi connectivity index (χ4v) is 2.30. The van der Waals surface area contributed by atoms with Crippen molar-refractivity contribution in [1.29, 1.82) is 0 Å². The average Bonchev–Trinajstić information content (AvgIpc) is 2.82. The van der Waals surface area contributed by atoms with Crippen molar-refractivity contribution in [2.24, 2.45) is 5.92 Å². The summed E-state index contributed by atoms with van der Waals surface area (Å²) in [6, 6.07) is 9.23. The maximum atomic E-state index is 12.1. The van der Waals surface area contributed by atoms with Gasteiger partial charge in [0.2, 0.25) is 5.91 Å². The van der Waals surface area contributed by atoms with E-state index in [9.17, 15) is 14.4 Å². The molecule has 0 aromatic heterocycles. The second-order valence-electron chi connectivity index (χ2n) is 5.13. The van der Waals surface area contributed by atoms with E-state index in [1.54, 1.807) is 6.92 Å². The van der Waals surface area contributed by atoms with Crippen LogP contribution in [0.3, 0.4) is 0 Å². The van der Waals surface area contributed by atoms with Crippen LogP contribution >= 0.6 is 0 Å². The Balaban J connectivity index is 1.98. The molecule has 23 heavy (non-hydrogen) atoms. The highest BCUT2D eigenvalue weighted by Crippen LogP contribution is 2.27. The smallest absolute Gasteiger partial charge is 0.332 e. The van der Waals surface area contributed by atoms with Gasteiger partial charge >= 0.3 is 11.9 Å². The largest absolute Gasteiger partial charge is 0.463 e. The predicted molar refractivity (Wildman–Crippen MR) is 81.8 cm³/mol. The van der Waals surface area contributed by atoms with Gasteiger partial charge in [-0.1, -0.05) is 30.3 Å². The monoisotopic (exact) mass is 317 g/mol. The highest BCUT2D eigenvalue weighted by Gasteiger charge is 2.39. The zero-order chi connectivity index (χ0) is 16.8. The highest BCUT2D eigenvalue weighted by atomic mass is 16.5. The third-order valence-electron chi connectivity index (χ3n) is 3.55. The molecular formula is C17H19NO5. The number of benzene rings is 1. The van der Waals surface area contributed by atoms with Gasteiger partial charge in [0, 0.05) is 25.2 Å². The molecule has 6 heteroatoms. The molecule has 1 aliphatic rings. The van der Waals surface area contributed by atoms with Crippen molar-refractivity contribution < 1.29 is 23.9 Å². The number of ether oxygens (including phenoxy) is 2. The average molecular weight is 317 g/mol. The minimum absolute atomic E-state index is 0.115. The number of amides is 1. The van der Waals surface area contributed by atoms with Crippen LogP contribution in [-0.2, 0) is 30.5 Å². The van der Waals surface area contributed by atoms with Crippen molar-refractivity contribution in [3.63, 3.8) is 0 Å². The van der Waals surface area contributed by atoms with Crippen LogP contribution in [0.4, 0.5) is 0 Å². The number of likely N-dealkylation sites (tertiary alicyclic amines) is 1. The van der Waals surface area contributed by atoms with Crippen LogP contribution in [0.1, 0.15) is 18.9 Å². The molecule has 0 N–H and O–H groups in total. The summed E-state index contributed by atoms with van der Waals surface area (Å²) in [7, 11) is 1.53. The molecule has 0 bridgehead atoms. The molecule has 0 radical (unpaired) electrons. The van der Waals surface area contributed by atoms with Crippen molar-refractivity contribution in [3.8, 4) is 0 Å². The summed E-state index contributed by atoms with van der Waals surface area (Å²) in [6.45, 7) is 2.07. The topological polar surface area (TPSA) is 72.9 Å². The lowest BCUT2D eigenvalue weighted by atomic mass is 10.1. The van der Waals surface area contributed by atoms with Crippen LogP contribution in [0.25, 0.3) is 0 Å². The van der Waals surface area contributed by atoms with E-state index in [1.165, 1.54) is 18.0 Å². The number of carbonyl (C=O) groups is 3. The first kappa shape index (κ1) is 16.7. The first-order valence-electron chi connectivity index (χ1n) is 7.38. The van der Waals surface area contributed by atoms with Crippen molar-refractivity contribution in [1.82, 2.24) is 4.90 Å². The van der Waals surface area contributed by atoms with E-state index in [1.807, 2.05) is 30.3 Å². The van der Waals surface area contributed by atoms with Gasteiger partial charge in [0.25, 0.3) is 0 Å². The van der Waals surface area contributed by atoms with E-state index < -0.39 is 17.9 Å². The number of hydrogen-bond acceptors (Lipinski definition) is 5. The minimum Gasteiger partial charge on any atom is -0.463 e. The minimum atomic E-state index is -0.913. The van der Waals surface area contributed by atoms with Gasteiger partial charge in [0.1, 0.15) is 12.5 Å². The fraction of sp³-hybridized carbons (Fsp3) is 0.353. The van der Waals surface area contributed by atoms with E-state index in [4.69, 9.17) is 9.47 Å². The number of hydrogen-bond donors (Lipinski definition) is 0. The van der Waals surface area contributed by atoms with Crippen LogP contribution in [0, 0.1) is 5.92 Å². The first-order chi connectivity index (χ1) is 11.0. The Bertz CT molecular complexity index is 623. The lowest BCUT2D eigenvalue weighted by molar-refractivity contribution is -0.153. The van der Waals surface area contributed by atoms with E-state index in [0.29, 0.717) is 5.70 Å². The Morgan fingerprint density at radius 3 is 2.61 bits per heavy atom. The number of allylic oxidation sites excluding steroid dienone is 1. The molecule has 1 saturated heterocycles. The van der Waals surface area contributed by atoms with Gasteiger partial charge in [-0.3, -0.25) is 9.59 Å². The number of esters is 2. The fourth-order valence-electron chi connectivity index (χ4n) is 2.30. The van der Waals surface area contributed by atoms with Gasteiger partial charge in [0.15, 0.2) is 0 Å². The highest BCUT2D eigenvalue weighted by molar-refractivity contribution is 6.01. The van der Waals surface area contributed by atoms with Crippen molar-refractivity contribution in [3.05, 3.63) is 47.7 Å². The standard InChI is InChI=1S/C17H19NO5/c1-3-22-15(19)10-13-9-14(16(20)18(13)2)17(21)23-11-12-7-5-4-6-8-12/h4-8,10,14H,3,9,11H2,1-2H3/b13-10+/t14-/m0/s1. The Hall–Kier alpha value is -2.63. The van der Waals surface area contributed by atoms with E-state index in [-0.39, 0.29) is 25.5 Å². The molecule has 6 nitrogen and oxygen atoms in total. The maximum Gasteiger partial charge on any atom is 0.332 e. The van der Waals surface area contributed by atoms with Crippen LogP contribution in [0.2, 0.25) is 0 Å². The Kier molecular flexibility index (Phi) is 5.51. The Morgan fingerprint density at radius 2 is 1.96 bits per heavy atom. The SMILES string of the molecule is CCOC(=O)/C=C1\C[C@H](C(=O)OCc2ccccc2)C(=O)N1C. The van der Waals surface area contributed by atoms with Crippen molar-refractivity contribution in [2.75, 3.05) is 13.7 Å². The predicted octanol–water partition coefficient (Wildman–Crippen LogP) is 1.66. The van der Waals surface area contributed by atoms with Gasteiger partial charge in [-0.2, -0.15) is 0 Å². The molecule has 0 unspecified atom stereocenters. The van der Waals surface area contributed by atoms with Crippen LogP contribution in [0.5, 0.6) is 0 Å². The second-order valence-corrected chi connectivity index (χ2v) is 5.13. The summed E-state index contributed by atoms with van der Waals surface area (Å²) >= 11 is 0. The Labute approximate surface area is 134 Å². The third kappa shape index (κ3) is 4.18. The van der Waals surface area contributed by atoms with Gasteiger partial charge in [0.05, 0.1) is 6.61 Å².